The van der Waals surface area contributed by atoms with E-state index in [4.69, 9.17) is 0 Å². The molecule has 0 aliphatic carbocycles. The topological polar surface area (TPSA) is 75.9 Å². The summed E-state index contributed by atoms with van der Waals surface area (Å²) in [5.74, 6) is 0.325. The van der Waals surface area contributed by atoms with Gasteiger partial charge in [-0.3, -0.25) is 9.48 Å². The Labute approximate surface area is 138 Å². The van der Waals surface area contributed by atoms with Crippen molar-refractivity contribution in [1.29, 1.82) is 0 Å². The molecule has 24 heavy (non-hydrogen) atoms. The van der Waals surface area contributed by atoms with E-state index in [0.717, 1.165) is 31.5 Å². The number of rotatable bonds is 2. The highest BCUT2D eigenvalue weighted by Crippen LogP contribution is 2.43. The summed E-state index contributed by atoms with van der Waals surface area (Å²) in [6.07, 6.45) is 8.31. The van der Waals surface area contributed by atoms with E-state index in [1.165, 1.54) is 12.4 Å². The molecule has 0 radical (unpaired) electrons. The van der Waals surface area contributed by atoms with Crippen LogP contribution < -0.4 is 10.2 Å². The first-order valence-electron chi connectivity index (χ1n) is 8.08. The molecule has 0 bridgehead atoms. The number of aromatic nitrogens is 4. The second-order valence-electron chi connectivity index (χ2n) is 6.60. The number of nitrogens with zero attached hydrogens (tertiary/aromatic N) is 5. The van der Waals surface area contributed by atoms with Crippen LogP contribution in [0.25, 0.3) is 0 Å². The number of halogens is 1. The van der Waals surface area contributed by atoms with Crippen molar-refractivity contribution in [3.8, 4) is 0 Å². The first-order chi connectivity index (χ1) is 11.6. The molecule has 0 saturated carbocycles. The number of aryl methyl sites for hydroxylation is 1. The van der Waals surface area contributed by atoms with E-state index in [1.54, 1.807) is 4.68 Å². The van der Waals surface area contributed by atoms with Crippen molar-refractivity contribution in [2.45, 2.75) is 30.7 Å². The Morgan fingerprint density at radius 2 is 1.96 bits per heavy atom. The van der Waals surface area contributed by atoms with Gasteiger partial charge in [-0.05, 0) is 18.4 Å². The smallest absolute Gasteiger partial charge is 0.225 e. The normalized spacial score (nSPS) is 22.8. The lowest BCUT2D eigenvalue weighted by atomic mass is 9.75. The van der Waals surface area contributed by atoms with Crippen molar-refractivity contribution >= 4 is 11.9 Å². The van der Waals surface area contributed by atoms with Crippen molar-refractivity contribution in [2.24, 2.45) is 7.05 Å². The standard InChI is InChI=1S/C16H19FN6O/c1-22-10-11(7-20-22)13-6-14(24)21-16(13)2-4-23(5-3-16)15-18-8-12(17)9-19-15/h7-10,13H,2-6H2,1H3,(H,21,24)/t13-/m0/s1. The molecule has 8 heteroatoms. The van der Waals surface area contributed by atoms with Crippen molar-refractivity contribution in [2.75, 3.05) is 18.0 Å². The van der Waals surface area contributed by atoms with Gasteiger partial charge in [0.2, 0.25) is 11.9 Å². The number of hydrogen-bond acceptors (Lipinski definition) is 5. The minimum atomic E-state index is -0.438. The number of nitrogens with one attached hydrogen (secondary N) is 1. The highest BCUT2D eigenvalue weighted by atomic mass is 19.1. The van der Waals surface area contributed by atoms with Crippen LogP contribution in [0.15, 0.2) is 24.8 Å². The molecule has 1 spiro atoms. The number of carbonyl (C=O) groups excluding carboxylic acids is 1. The monoisotopic (exact) mass is 330 g/mol. The molecule has 0 aromatic carbocycles. The van der Waals surface area contributed by atoms with Crippen LogP contribution >= 0.6 is 0 Å². The fourth-order valence-electron chi connectivity index (χ4n) is 3.90. The predicted octanol–water partition coefficient (Wildman–Crippen LogP) is 0.992. The zero-order valence-electron chi connectivity index (χ0n) is 13.4. The van der Waals surface area contributed by atoms with Gasteiger partial charge in [0.05, 0.1) is 24.1 Å². The summed E-state index contributed by atoms with van der Waals surface area (Å²) in [6.45, 7) is 1.45. The van der Waals surface area contributed by atoms with Crippen LogP contribution in [0.1, 0.15) is 30.7 Å². The summed E-state index contributed by atoms with van der Waals surface area (Å²) in [7, 11) is 1.88. The van der Waals surface area contributed by atoms with Crippen LogP contribution in [0.4, 0.5) is 10.3 Å². The Morgan fingerprint density at radius 3 is 2.58 bits per heavy atom. The molecule has 2 aliphatic heterocycles. The number of hydrogen-bond donors (Lipinski definition) is 1. The number of carbonyl (C=O) groups is 1. The lowest BCUT2D eigenvalue weighted by Gasteiger charge is -2.42. The Kier molecular flexibility index (Phi) is 3.47. The van der Waals surface area contributed by atoms with E-state index in [1.807, 2.05) is 24.3 Å². The first kappa shape index (κ1) is 15.0. The molecule has 0 unspecified atom stereocenters. The predicted molar refractivity (Wildman–Crippen MR) is 84.9 cm³/mol. The molecule has 126 valence electrons. The molecule has 1 atom stereocenters. The Bertz CT molecular complexity index is 750. The molecular weight excluding hydrogens is 311 g/mol. The molecule has 4 heterocycles. The maximum Gasteiger partial charge on any atom is 0.225 e. The third-order valence-corrected chi connectivity index (χ3v) is 5.12. The second-order valence-corrected chi connectivity index (χ2v) is 6.60. The summed E-state index contributed by atoms with van der Waals surface area (Å²) in [6, 6.07) is 0. The van der Waals surface area contributed by atoms with Gasteiger partial charge in [-0.15, -0.1) is 0 Å². The summed E-state index contributed by atoms with van der Waals surface area (Å²) >= 11 is 0. The van der Waals surface area contributed by atoms with Crippen LogP contribution in [0.5, 0.6) is 0 Å². The van der Waals surface area contributed by atoms with E-state index in [0.29, 0.717) is 12.4 Å². The van der Waals surface area contributed by atoms with Crippen LogP contribution in [0.2, 0.25) is 0 Å². The molecule has 2 saturated heterocycles. The van der Waals surface area contributed by atoms with Gasteiger partial charge in [-0.2, -0.15) is 5.10 Å². The molecular formula is C16H19FN6O. The zero-order valence-corrected chi connectivity index (χ0v) is 13.4. The van der Waals surface area contributed by atoms with Crippen molar-refractivity contribution < 1.29 is 9.18 Å². The molecule has 2 aliphatic rings. The third kappa shape index (κ3) is 2.51. The summed E-state index contributed by atoms with van der Waals surface area (Å²) < 4.78 is 14.8. The Morgan fingerprint density at radius 1 is 1.25 bits per heavy atom. The average Bonchev–Trinajstić information content (AvgIpc) is 3.13. The van der Waals surface area contributed by atoms with Crippen molar-refractivity contribution in [3.63, 3.8) is 0 Å². The molecule has 7 nitrogen and oxygen atoms in total. The largest absolute Gasteiger partial charge is 0.350 e. The van der Waals surface area contributed by atoms with E-state index < -0.39 is 5.82 Å². The molecule has 1 amide bonds. The van der Waals surface area contributed by atoms with Crippen LogP contribution in [-0.2, 0) is 11.8 Å². The van der Waals surface area contributed by atoms with E-state index >= 15 is 0 Å². The number of amides is 1. The van der Waals surface area contributed by atoms with Gasteiger partial charge < -0.3 is 10.2 Å². The highest BCUT2D eigenvalue weighted by Gasteiger charge is 2.49. The number of anilines is 1. The molecule has 2 aromatic rings. The van der Waals surface area contributed by atoms with Gasteiger partial charge in [-0.25, -0.2) is 14.4 Å². The SMILES string of the molecule is Cn1cc([C@@H]2CC(=O)NC23CCN(c2ncc(F)cn2)CC3)cn1. The van der Waals surface area contributed by atoms with Crippen LogP contribution in [0, 0.1) is 5.82 Å². The summed E-state index contributed by atoms with van der Waals surface area (Å²) in [5.41, 5.74) is 0.860. The van der Waals surface area contributed by atoms with Gasteiger partial charge in [0.15, 0.2) is 5.82 Å². The van der Waals surface area contributed by atoms with E-state index in [-0.39, 0.29) is 17.4 Å². The van der Waals surface area contributed by atoms with Crippen LogP contribution in [0.3, 0.4) is 0 Å². The minimum Gasteiger partial charge on any atom is -0.350 e. The first-order valence-corrected chi connectivity index (χ1v) is 8.08. The lowest BCUT2D eigenvalue weighted by molar-refractivity contribution is -0.119. The van der Waals surface area contributed by atoms with E-state index in [2.05, 4.69) is 20.4 Å². The molecule has 4 rings (SSSR count). The second kappa shape index (κ2) is 5.54. The van der Waals surface area contributed by atoms with Crippen LogP contribution in [-0.4, -0.2) is 44.3 Å². The van der Waals surface area contributed by atoms with Gasteiger partial charge in [0.25, 0.3) is 0 Å². The molecule has 1 N–H and O–H groups in total. The highest BCUT2D eigenvalue weighted by molar-refractivity contribution is 5.81. The number of piperidine rings is 1. The third-order valence-electron chi connectivity index (χ3n) is 5.12. The van der Waals surface area contributed by atoms with Gasteiger partial charge in [0.1, 0.15) is 0 Å². The maximum atomic E-state index is 13.0. The quantitative estimate of drug-likeness (QED) is 0.889. The van der Waals surface area contributed by atoms with Gasteiger partial charge in [0, 0.05) is 38.7 Å². The van der Waals surface area contributed by atoms with Gasteiger partial charge in [-0.1, -0.05) is 0 Å². The van der Waals surface area contributed by atoms with Gasteiger partial charge >= 0.3 is 0 Å². The van der Waals surface area contributed by atoms with E-state index in [9.17, 15) is 9.18 Å². The Hall–Kier alpha value is -2.51. The van der Waals surface area contributed by atoms with Crippen molar-refractivity contribution in [1.82, 2.24) is 25.1 Å². The summed E-state index contributed by atoms with van der Waals surface area (Å²) in [4.78, 5) is 22.2. The fraction of sp³-hybridized carbons (Fsp3) is 0.500. The Balaban J connectivity index is 1.54. The maximum absolute atomic E-state index is 13.0. The fourth-order valence-corrected chi connectivity index (χ4v) is 3.90. The zero-order chi connectivity index (χ0) is 16.7. The minimum absolute atomic E-state index is 0.0929. The summed E-state index contributed by atoms with van der Waals surface area (Å²) in [5, 5.41) is 7.45. The molecule has 2 fully saturated rings. The molecule has 2 aromatic heterocycles. The lowest BCUT2D eigenvalue weighted by Crippen LogP contribution is -2.53. The van der Waals surface area contributed by atoms with Crippen molar-refractivity contribution in [3.05, 3.63) is 36.2 Å². The average molecular weight is 330 g/mol.